The molecule has 0 aromatic heterocycles. The van der Waals surface area contributed by atoms with Gasteiger partial charge < -0.3 is 5.73 Å². The fourth-order valence-corrected chi connectivity index (χ4v) is 4.28. The first-order chi connectivity index (χ1) is 11.5. The fourth-order valence-electron chi connectivity index (χ4n) is 3.33. The first-order valence-electron chi connectivity index (χ1n) is 8.07. The zero-order chi connectivity index (χ0) is 17.1. The summed E-state index contributed by atoms with van der Waals surface area (Å²) in [6.07, 6.45) is 3.56. The summed E-state index contributed by atoms with van der Waals surface area (Å²) < 4.78 is 28.0. The van der Waals surface area contributed by atoms with Crippen molar-refractivity contribution >= 4 is 17.7 Å². The van der Waals surface area contributed by atoms with Gasteiger partial charge in [0, 0.05) is 16.2 Å². The quantitative estimate of drug-likeness (QED) is 0.844. The smallest absolute Gasteiger partial charge is 0.217 e. The van der Waals surface area contributed by atoms with Crippen LogP contribution in [-0.4, -0.2) is 5.91 Å². The molecule has 2 N–H and O–H groups in total. The van der Waals surface area contributed by atoms with Gasteiger partial charge in [0.15, 0.2) is 0 Å². The SMILES string of the molecule is NC(=O)CC[C@@H]1CCCc2cc(Sc3cccc(F)c3)cc(F)c21. The zero-order valence-electron chi connectivity index (χ0n) is 13.2. The summed E-state index contributed by atoms with van der Waals surface area (Å²) in [6.45, 7) is 0. The van der Waals surface area contributed by atoms with Crippen LogP contribution in [0, 0.1) is 11.6 Å². The minimum atomic E-state index is -0.346. The van der Waals surface area contributed by atoms with Crippen LogP contribution in [0.15, 0.2) is 46.2 Å². The highest BCUT2D eigenvalue weighted by Crippen LogP contribution is 2.39. The summed E-state index contributed by atoms with van der Waals surface area (Å²) in [6, 6.07) is 9.78. The van der Waals surface area contributed by atoms with Crippen molar-refractivity contribution in [2.45, 2.75) is 47.8 Å². The Balaban J connectivity index is 1.85. The van der Waals surface area contributed by atoms with Gasteiger partial charge in [-0.05, 0) is 73.1 Å². The lowest BCUT2D eigenvalue weighted by Gasteiger charge is -2.26. The fraction of sp³-hybridized carbons (Fsp3) is 0.316. The van der Waals surface area contributed by atoms with Crippen LogP contribution in [0.4, 0.5) is 8.78 Å². The number of amides is 1. The Hall–Kier alpha value is -1.88. The maximum Gasteiger partial charge on any atom is 0.217 e. The molecule has 0 heterocycles. The van der Waals surface area contributed by atoms with E-state index in [0.29, 0.717) is 6.42 Å². The van der Waals surface area contributed by atoms with E-state index >= 15 is 0 Å². The highest BCUT2D eigenvalue weighted by Gasteiger charge is 2.25. The average molecular weight is 347 g/mol. The molecule has 2 aromatic carbocycles. The molecule has 1 aliphatic carbocycles. The minimum Gasteiger partial charge on any atom is -0.370 e. The van der Waals surface area contributed by atoms with E-state index in [1.165, 1.54) is 30.0 Å². The molecule has 3 rings (SSSR count). The number of rotatable bonds is 5. The molecule has 24 heavy (non-hydrogen) atoms. The van der Waals surface area contributed by atoms with Crippen LogP contribution in [-0.2, 0) is 11.2 Å². The molecular weight excluding hydrogens is 328 g/mol. The second kappa shape index (κ2) is 7.34. The van der Waals surface area contributed by atoms with Crippen LogP contribution < -0.4 is 5.73 Å². The lowest BCUT2D eigenvalue weighted by Crippen LogP contribution is -2.16. The number of hydrogen-bond donors (Lipinski definition) is 1. The van der Waals surface area contributed by atoms with Crippen LogP contribution in [0.2, 0.25) is 0 Å². The van der Waals surface area contributed by atoms with Crippen LogP contribution in [0.25, 0.3) is 0 Å². The van der Waals surface area contributed by atoms with E-state index in [9.17, 15) is 13.6 Å². The highest BCUT2D eigenvalue weighted by atomic mass is 32.2. The Kier molecular flexibility index (Phi) is 5.19. The van der Waals surface area contributed by atoms with Crippen molar-refractivity contribution in [3.05, 3.63) is 59.2 Å². The van der Waals surface area contributed by atoms with Gasteiger partial charge >= 0.3 is 0 Å². The van der Waals surface area contributed by atoms with Gasteiger partial charge in [-0.3, -0.25) is 4.79 Å². The van der Waals surface area contributed by atoms with Crippen molar-refractivity contribution < 1.29 is 13.6 Å². The molecule has 0 saturated heterocycles. The van der Waals surface area contributed by atoms with Crippen molar-refractivity contribution in [2.24, 2.45) is 5.73 Å². The lowest BCUT2D eigenvalue weighted by atomic mass is 9.80. The van der Waals surface area contributed by atoms with Crippen molar-refractivity contribution in [1.82, 2.24) is 0 Å². The van der Waals surface area contributed by atoms with Gasteiger partial charge in [0.05, 0.1) is 0 Å². The molecule has 126 valence electrons. The third-order valence-corrected chi connectivity index (χ3v) is 5.33. The number of hydrogen-bond acceptors (Lipinski definition) is 2. The van der Waals surface area contributed by atoms with Crippen LogP contribution in [0.3, 0.4) is 0 Å². The summed E-state index contributed by atoms with van der Waals surface area (Å²) in [5.74, 6) is -0.833. The van der Waals surface area contributed by atoms with E-state index in [-0.39, 0.29) is 29.9 Å². The van der Waals surface area contributed by atoms with Crippen molar-refractivity contribution in [3.8, 4) is 0 Å². The summed E-state index contributed by atoms with van der Waals surface area (Å²) >= 11 is 1.35. The topological polar surface area (TPSA) is 43.1 Å². The van der Waals surface area contributed by atoms with Gasteiger partial charge in [0.25, 0.3) is 0 Å². The molecule has 2 aromatic rings. The highest BCUT2D eigenvalue weighted by molar-refractivity contribution is 7.99. The molecule has 0 unspecified atom stereocenters. The van der Waals surface area contributed by atoms with E-state index in [4.69, 9.17) is 5.73 Å². The number of halogens is 2. The predicted octanol–water partition coefficient (Wildman–Crippen LogP) is 4.80. The standard InChI is InChI=1S/C19H19F2NOS/c20-14-5-2-6-15(10-14)24-16-9-13-4-1-3-12(7-8-18(22)23)19(13)17(21)11-16/h2,5-6,9-12H,1,3-4,7-8H2,(H2,22,23)/t12-/m0/s1. The maximum atomic E-state index is 14.7. The minimum absolute atomic E-state index is 0.0504. The Morgan fingerprint density at radius 1 is 1.21 bits per heavy atom. The Morgan fingerprint density at radius 2 is 2.04 bits per heavy atom. The van der Waals surface area contributed by atoms with Gasteiger partial charge in [0.2, 0.25) is 5.91 Å². The Bertz CT molecular complexity index is 763. The summed E-state index contributed by atoms with van der Waals surface area (Å²) in [4.78, 5) is 12.5. The number of benzene rings is 2. The molecule has 1 aliphatic rings. The van der Waals surface area contributed by atoms with Crippen molar-refractivity contribution in [1.29, 1.82) is 0 Å². The molecule has 0 spiro atoms. The van der Waals surface area contributed by atoms with E-state index in [2.05, 4.69) is 0 Å². The van der Waals surface area contributed by atoms with Crippen LogP contribution >= 0.6 is 11.8 Å². The van der Waals surface area contributed by atoms with Crippen molar-refractivity contribution in [3.63, 3.8) is 0 Å². The summed E-state index contributed by atoms with van der Waals surface area (Å²) in [7, 11) is 0. The molecule has 0 fully saturated rings. The zero-order valence-corrected chi connectivity index (χ0v) is 14.0. The second-order valence-electron chi connectivity index (χ2n) is 6.13. The number of nitrogens with two attached hydrogens (primary N) is 1. The van der Waals surface area contributed by atoms with Gasteiger partial charge in [-0.1, -0.05) is 17.8 Å². The lowest BCUT2D eigenvalue weighted by molar-refractivity contribution is -0.118. The number of aryl methyl sites for hydroxylation is 1. The van der Waals surface area contributed by atoms with Gasteiger partial charge in [0.1, 0.15) is 11.6 Å². The second-order valence-corrected chi connectivity index (χ2v) is 7.28. The van der Waals surface area contributed by atoms with Gasteiger partial charge in [-0.25, -0.2) is 8.78 Å². The van der Waals surface area contributed by atoms with Gasteiger partial charge in [-0.2, -0.15) is 0 Å². The number of carbonyl (C=O) groups is 1. The van der Waals surface area contributed by atoms with E-state index in [1.54, 1.807) is 12.1 Å². The number of fused-ring (bicyclic) bond motifs is 1. The maximum absolute atomic E-state index is 14.7. The molecule has 1 amide bonds. The average Bonchev–Trinajstić information content (AvgIpc) is 2.52. The summed E-state index contributed by atoms with van der Waals surface area (Å²) in [5, 5.41) is 0. The first kappa shape index (κ1) is 17.0. The van der Waals surface area contributed by atoms with Crippen LogP contribution in [0.1, 0.15) is 42.7 Å². The molecule has 0 aliphatic heterocycles. The molecule has 0 radical (unpaired) electrons. The summed E-state index contributed by atoms with van der Waals surface area (Å²) in [5.41, 5.74) is 6.95. The third kappa shape index (κ3) is 3.96. The normalized spacial score (nSPS) is 16.7. The number of primary amides is 1. The Morgan fingerprint density at radius 3 is 2.79 bits per heavy atom. The van der Waals surface area contributed by atoms with E-state index in [0.717, 1.165) is 40.2 Å². The molecule has 2 nitrogen and oxygen atoms in total. The monoisotopic (exact) mass is 347 g/mol. The Labute approximate surface area is 144 Å². The molecule has 1 atom stereocenters. The molecular formula is C19H19F2NOS. The van der Waals surface area contributed by atoms with E-state index < -0.39 is 0 Å². The largest absolute Gasteiger partial charge is 0.370 e. The molecule has 0 bridgehead atoms. The molecule has 0 saturated carbocycles. The van der Waals surface area contributed by atoms with Gasteiger partial charge in [-0.15, -0.1) is 0 Å². The third-order valence-electron chi connectivity index (χ3n) is 4.37. The molecule has 5 heteroatoms. The van der Waals surface area contributed by atoms with Crippen molar-refractivity contribution in [2.75, 3.05) is 0 Å². The predicted molar refractivity (Wildman–Crippen MR) is 91.0 cm³/mol. The first-order valence-corrected chi connectivity index (χ1v) is 8.88. The van der Waals surface area contributed by atoms with Crippen LogP contribution in [0.5, 0.6) is 0 Å². The van der Waals surface area contributed by atoms with E-state index in [1.807, 2.05) is 6.07 Å². The number of carbonyl (C=O) groups excluding carboxylic acids is 1.